The van der Waals surface area contributed by atoms with E-state index in [0.29, 0.717) is 19.4 Å². The summed E-state index contributed by atoms with van der Waals surface area (Å²) in [7, 11) is 0. The molecular formula is C12H14BrF2NO2. The molecule has 1 aromatic carbocycles. The summed E-state index contributed by atoms with van der Waals surface area (Å²) in [5.41, 5.74) is 0.119. The molecule has 0 fully saturated rings. The second-order valence-corrected chi connectivity index (χ2v) is 4.73. The number of rotatable bonds is 7. The molecule has 0 heterocycles. The molecule has 6 heteroatoms. The van der Waals surface area contributed by atoms with E-state index in [1.807, 2.05) is 0 Å². The zero-order valence-electron chi connectivity index (χ0n) is 9.68. The molecule has 0 amide bonds. The van der Waals surface area contributed by atoms with E-state index in [2.05, 4.69) is 21.2 Å². The number of unbranched alkanes of at least 4 members (excludes halogenated alkanes) is 2. The summed E-state index contributed by atoms with van der Waals surface area (Å²) in [6.45, 7) is 0.484. The molecule has 2 N–H and O–H groups in total. The molecule has 3 nitrogen and oxygen atoms in total. The molecule has 0 atom stereocenters. The maximum absolute atomic E-state index is 13.4. The Kier molecular flexibility index (Phi) is 6.04. The first-order valence-electron chi connectivity index (χ1n) is 5.61. The molecule has 0 aliphatic carbocycles. The summed E-state index contributed by atoms with van der Waals surface area (Å²) in [5.74, 6) is -1.86. The lowest BCUT2D eigenvalue weighted by molar-refractivity contribution is -0.137. The van der Waals surface area contributed by atoms with Crippen molar-refractivity contribution in [1.82, 2.24) is 0 Å². The number of hydrogen-bond acceptors (Lipinski definition) is 2. The summed E-state index contributed by atoms with van der Waals surface area (Å²) < 4.78 is 26.6. The van der Waals surface area contributed by atoms with Crippen molar-refractivity contribution in [2.45, 2.75) is 25.7 Å². The van der Waals surface area contributed by atoms with E-state index in [4.69, 9.17) is 5.11 Å². The number of carboxylic acid groups (broad SMARTS) is 1. The molecule has 0 aromatic heterocycles. The van der Waals surface area contributed by atoms with Gasteiger partial charge in [-0.1, -0.05) is 6.42 Å². The fourth-order valence-electron chi connectivity index (χ4n) is 1.46. The van der Waals surface area contributed by atoms with Crippen molar-refractivity contribution in [2.24, 2.45) is 0 Å². The van der Waals surface area contributed by atoms with Gasteiger partial charge in [0.15, 0.2) is 0 Å². The molecule has 0 aliphatic heterocycles. The molecule has 0 unspecified atom stereocenters. The van der Waals surface area contributed by atoms with E-state index in [9.17, 15) is 13.6 Å². The first-order valence-corrected chi connectivity index (χ1v) is 6.40. The van der Waals surface area contributed by atoms with Gasteiger partial charge in [-0.15, -0.1) is 0 Å². The van der Waals surface area contributed by atoms with Crippen LogP contribution in [0.3, 0.4) is 0 Å². The average molecular weight is 322 g/mol. The molecule has 0 radical (unpaired) electrons. The Balaban J connectivity index is 2.31. The van der Waals surface area contributed by atoms with Crippen LogP contribution in [0.4, 0.5) is 14.5 Å². The fourth-order valence-corrected chi connectivity index (χ4v) is 1.77. The summed E-state index contributed by atoms with van der Waals surface area (Å²) in [6.07, 6.45) is 2.18. The highest BCUT2D eigenvalue weighted by molar-refractivity contribution is 9.10. The zero-order valence-corrected chi connectivity index (χ0v) is 11.3. The van der Waals surface area contributed by atoms with E-state index >= 15 is 0 Å². The summed E-state index contributed by atoms with van der Waals surface area (Å²) >= 11 is 2.90. The Labute approximate surface area is 112 Å². The van der Waals surface area contributed by atoms with E-state index < -0.39 is 17.6 Å². The fraction of sp³-hybridized carbons (Fsp3) is 0.417. The first kappa shape index (κ1) is 14.9. The second-order valence-electron chi connectivity index (χ2n) is 3.88. The van der Waals surface area contributed by atoms with E-state index in [-0.39, 0.29) is 16.6 Å². The van der Waals surface area contributed by atoms with Crippen molar-refractivity contribution in [2.75, 3.05) is 11.9 Å². The first-order chi connectivity index (χ1) is 8.50. The maximum Gasteiger partial charge on any atom is 0.303 e. The molecule has 0 aliphatic rings. The minimum absolute atomic E-state index is 0.0898. The zero-order chi connectivity index (χ0) is 13.5. The third-order valence-electron chi connectivity index (χ3n) is 2.39. The molecule has 1 aromatic rings. The van der Waals surface area contributed by atoms with Gasteiger partial charge >= 0.3 is 5.97 Å². The number of carboxylic acids is 1. The van der Waals surface area contributed by atoms with Crippen LogP contribution in [0.2, 0.25) is 0 Å². The van der Waals surface area contributed by atoms with Crippen LogP contribution in [0.5, 0.6) is 0 Å². The number of hydrogen-bond donors (Lipinski definition) is 2. The number of halogens is 3. The number of nitrogens with one attached hydrogen (secondary N) is 1. The monoisotopic (exact) mass is 321 g/mol. The maximum atomic E-state index is 13.4. The van der Waals surface area contributed by atoms with Gasteiger partial charge in [0.25, 0.3) is 0 Å². The van der Waals surface area contributed by atoms with Gasteiger partial charge in [-0.3, -0.25) is 4.79 Å². The van der Waals surface area contributed by atoms with Crippen LogP contribution in [-0.4, -0.2) is 17.6 Å². The molecule has 18 heavy (non-hydrogen) atoms. The van der Waals surface area contributed by atoms with Gasteiger partial charge in [-0.2, -0.15) is 0 Å². The number of benzene rings is 1. The van der Waals surface area contributed by atoms with Gasteiger partial charge in [0.05, 0.1) is 10.2 Å². The van der Waals surface area contributed by atoms with Crippen LogP contribution < -0.4 is 5.32 Å². The molecule has 100 valence electrons. The van der Waals surface area contributed by atoms with Crippen LogP contribution in [-0.2, 0) is 4.79 Å². The summed E-state index contributed by atoms with van der Waals surface area (Å²) in [5, 5.41) is 11.2. The molecule has 0 saturated carbocycles. The quantitative estimate of drug-likeness (QED) is 0.593. The second kappa shape index (κ2) is 7.31. The minimum atomic E-state index is -0.816. The molecule has 0 saturated heterocycles. The van der Waals surface area contributed by atoms with Crippen LogP contribution in [0.15, 0.2) is 16.6 Å². The average Bonchev–Trinajstić information content (AvgIpc) is 2.29. The van der Waals surface area contributed by atoms with Crippen LogP contribution in [0.25, 0.3) is 0 Å². The van der Waals surface area contributed by atoms with Gasteiger partial charge in [0.1, 0.15) is 11.6 Å². The van der Waals surface area contributed by atoms with Crippen molar-refractivity contribution in [3.63, 3.8) is 0 Å². The Morgan fingerprint density at radius 3 is 2.61 bits per heavy atom. The minimum Gasteiger partial charge on any atom is -0.481 e. The van der Waals surface area contributed by atoms with Crippen molar-refractivity contribution < 1.29 is 18.7 Å². The van der Waals surface area contributed by atoms with Crippen molar-refractivity contribution in [1.29, 1.82) is 0 Å². The van der Waals surface area contributed by atoms with Crippen molar-refractivity contribution >= 4 is 27.6 Å². The number of anilines is 1. The summed E-state index contributed by atoms with van der Waals surface area (Å²) in [6, 6.07) is 2.17. The molecular weight excluding hydrogens is 308 g/mol. The largest absolute Gasteiger partial charge is 0.481 e. The van der Waals surface area contributed by atoms with Crippen molar-refractivity contribution in [3.8, 4) is 0 Å². The highest BCUT2D eigenvalue weighted by Crippen LogP contribution is 2.23. The standard InChI is InChI=1S/C12H14BrF2NO2/c13-8-6-10(15)11(7-9(8)14)16-5-3-1-2-4-12(17)18/h6-7,16H,1-5H2,(H,17,18). The van der Waals surface area contributed by atoms with Crippen LogP contribution >= 0.6 is 15.9 Å². The predicted molar refractivity (Wildman–Crippen MR) is 68.7 cm³/mol. The Hall–Kier alpha value is -1.17. The van der Waals surface area contributed by atoms with Gasteiger partial charge in [0.2, 0.25) is 0 Å². The highest BCUT2D eigenvalue weighted by atomic mass is 79.9. The lowest BCUT2D eigenvalue weighted by Gasteiger charge is -2.08. The van der Waals surface area contributed by atoms with Gasteiger partial charge in [-0.05, 0) is 34.8 Å². The molecule has 1 rings (SSSR count). The third kappa shape index (κ3) is 5.00. The number of carbonyl (C=O) groups is 1. The number of aliphatic carboxylic acids is 1. The lowest BCUT2D eigenvalue weighted by Crippen LogP contribution is -2.04. The van der Waals surface area contributed by atoms with Gasteiger partial charge in [-0.25, -0.2) is 8.78 Å². The van der Waals surface area contributed by atoms with Gasteiger partial charge in [0, 0.05) is 19.0 Å². The summed E-state index contributed by atoms with van der Waals surface area (Å²) in [4.78, 5) is 10.3. The van der Waals surface area contributed by atoms with Crippen LogP contribution in [0.1, 0.15) is 25.7 Å². The molecule has 0 bridgehead atoms. The lowest BCUT2D eigenvalue weighted by atomic mass is 10.2. The Bertz CT molecular complexity index is 427. The SMILES string of the molecule is O=C(O)CCCCCNc1cc(F)c(Br)cc1F. The van der Waals surface area contributed by atoms with Crippen LogP contribution in [0, 0.1) is 11.6 Å². The predicted octanol–water partition coefficient (Wildman–Crippen LogP) is 3.78. The third-order valence-corrected chi connectivity index (χ3v) is 3.00. The topological polar surface area (TPSA) is 49.3 Å². The normalized spacial score (nSPS) is 10.4. The van der Waals surface area contributed by atoms with E-state index in [0.717, 1.165) is 18.6 Å². The van der Waals surface area contributed by atoms with E-state index in [1.54, 1.807) is 0 Å². The Morgan fingerprint density at radius 1 is 1.22 bits per heavy atom. The molecule has 0 spiro atoms. The smallest absolute Gasteiger partial charge is 0.303 e. The van der Waals surface area contributed by atoms with Crippen molar-refractivity contribution in [3.05, 3.63) is 28.2 Å². The van der Waals surface area contributed by atoms with Gasteiger partial charge < -0.3 is 10.4 Å². The van der Waals surface area contributed by atoms with E-state index in [1.165, 1.54) is 0 Å². The Morgan fingerprint density at radius 2 is 1.94 bits per heavy atom. The highest BCUT2D eigenvalue weighted by Gasteiger charge is 2.07.